The second-order valence-corrected chi connectivity index (χ2v) is 9.24. The van der Waals surface area contributed by atoms with Gasteiger partial charge in [0.25, 0.3) is 15.9 Å². The number of sulfonamides is 1. The summed E-state index contributed by atoms with van der Waals surface area (Å²) in [7, 11) is -3.60. The number of amides is 1. The van der Waals surface area contributed by atoms with Crippen LogP contribution < -0.4 is 10.0 Å². The van der Waals surface area contributed by atoms with Crippen LogP contribution in [0.1, 0.15) is 51.5 Å². The van der Waals surface area contributed by atoms with E-state index in [1.807, 2.05) is 0 Å². The third-order valence-corrected chi connectivity index (χ3v) is 6.76. The van der Waals surface area contributed by atoms with Crippen molar-refractivity contribution in [2.75, 3.05) is 6.54 Å². The Morgan fingerprint density at radius 2 is 2.00 bits per heavy atom. The summed E-state index contributed by atoms with van der Waals surface area (Å²) >= 11 is 0. The summed E-state index contributed by atoms with van der Waals surface area (Å²) in [6.45, 7) is 3.72. The summed E-state index contributed by atoms with van der Waals surface area (Å²) in [6.07, 6.45) is 3.38. The first-order chi connectivity index (χ1) is 13.8. The first-order valence-electron chi connectivity index (χ1n) is 9.94. The van der Waals surface area contributed by atoms with Crippen LogP contribution in [-0.2, 0) is 24.3 Å². The maximum Gasteiger partial charge on any atom is 0.308 e. The Kier molecular flexibility index (Phi) is 6.56. The van der Waals surface area contributed by atoms with Crippen molar-refractivity contribution >= 4 is 27.7 Å². The maximum absolute atomic E-state index is 12.3. The minimum atomic E-state index is -3.60. The van der Waals surface area contributed by atoms with Gasteiger partial charge in [0.1, 0.15) is 5.84 Å². The number of carbonyl (C=O) groups is 2. The van der Waals surface area contributed by atoms with Crippen LogP contribution in [0.5, 0.6) is 0 Å². The molecule has 1 aromatic carbocycles. The first kappa shape index (κ1) is 21.3. The molecule has 2 N–H and O–H groups in total. The van der Waals surface area contributed by atoms with Crippen molar-refractivity contribution in [3.05, 3.63) is 29.8 Å². The van der Waals surface area contributed by atoms with E-state index in [0.717, 1.165) is 19.3 Å². The number of nitrogens with zero attached hydrogens (tertiary/aromatic N) is 1. The van der Waals surface area contributed by atoms with E-state index in [0.29, 0.717) is 11.5 Å². The van der Waals surface area contributed by atoms with Crippen LogP contribution in [0.3, 0.4) is 0 Å². The monoisotopic (exact) mass is 421 g/mol. The number of hydrogen-bond donors (Lipinski definition) is 2. The molecule has 1 saturated carbocycles. The van der Waals surface area contributed by atoms with Crippen LogP contribution in [0.25, 0.3) is 0 Å². The number of ether oxygens (including phenoxy) is 1. The third kappa shape index (κ3) is 5.14. The lowest BCUT2D eigenvalue weighted by Crippen LogP contribution is -2.46. The highest BCUT2D eigenvalue weighted by atomic mass is 32.2. The minimum Gasteiger partial charge on any atom is -0.452 e. The lowest BCUT2D eigenvalue weighted by molar-refractivity contribution is -0.155. The fraction of sp³-hybridized carbons (Fsp3) is 0.550. The van der Waals surface area contributed by atoms with Gasteiger partial charge in [0.15, 0.2) is 6.10 Å². The number of aliphatic imine (C=N–C) groups is 1. The number of esters is 1. The van der Waals surface area contributed by atoms with Crippen LogP contribution in [0.2, 0.25) is 0 Å². The van der Waals surface area contributed by atoms with Crippen molar-refractivity contribution < 1.29 is 22.7 Å². The highest BCUT2D eigenvalue weighted by Gasteiger charge is 2.30. The molecule has 2 aliphatic rings. The third-order valence-electron chi connectivity index (χ3n) is 5.37. The SMILES string of the molecule is C[C@@H]1CCCC[C@H]1NC(=O)[C@@H](C)OC(=O)CCN=C1NS(=O)(=O)c2ccccc21. The smallest absolute Gasteiger partial charge is 0.308 e. The molecule has 29 heavy (non-hydrogen) atoms. The molecule has 1 amide bonds. The molecule has 8 nitrogen and oxygen atoms in total. The molecule has 3 atom stereocenters. The Morgan fingerprint density at radius 1 is 1.28 bits per heavy atom. The van der Waals surface area contributed by atoms with E-state index in [-0.39, 0.29) is 35.6 Å². The van der Waals surface area contributed by atoms with E-state index in [9.17, 15) is 18.0 Å². The van der Waals surface area contributed by atoms with Gasteiger partial charge in [0.05, 0.1) is 17.9 Å². The quantitative estimate of drug-likeness (QED) is 0.679. The van der Waals surface area contributed by atoms with Gasteiger partial charge in [-0.15, -0.1) is 0 Å². The van der Waals surface area contributed by atoms with Crippen molar-refractivity contribution in [3.63, 3.8) is 0 Å². The number of carbonyl (C=O) groups excluding carboxylic acids is 2. The maximum atomic E-state index is 12.3. The van der Waals surface area contributed by atoms with Gasteiger partial charge in [-0.2, -0.15) is 0 Å². The molecule has 0 radical (unpaired) electrons. The van der Waals surface area contributed by atoms with E-state index in [1.165, 1.54) is 12.5 Å². The molecule has 1 heterocycles. The predicted molar refractivity (Wildman–Crippen MR) is 108 cm³/mol. The number of fused-ring (bicyclic) bond motifs is 1. The Balaban J connectivity index is 1.49. The molecule has 1 aromatic rings. The van der Waals surface area contributed by atoms with Gasteiger partial charge in [-0.1, -0.05) is 31.9 Å². The normalized spacial score (nSPS) is 25.0. The lowest BCUT2D eigenvalue weighted by atomic mass is 9.86. The molecule has 9 heteroatoms. The molecule has 3 rings (SSSR count). The number of hydrogen-bond acceptors (Lipinski definition) is 6. The van der Waals surface area contributed by atoms with Crippen molar-refractivity contribution in [1.29, 1.82) is 0 Å². The number of amidine groups is 1. The summed E-state index contributed by atoms with van der Waals surface area (Å²) in [5, 5.41) is 2.97. The van der Waals surface area contributed by atoms with Gasteiger partial charge < -0.3 is 10.1 Å². The van der Waals surface area contributed by atoms with Crippen LogP contribution >= 0.6 is 0 Å². The zero-order chi connectivity index (χ0) is 21.0. The van der Waals surface area contributed by atoms with Gasteiger partial charge in [-0.05, 0) is 37.8 Å². The van der Waals surface area contributed by atoms with Gasteiger partial charge in [-0.3, -0.25) is 19.3 Å². The molecular formula is C20H27N3O5S. The van der Waals surface area contributed by atoms with Gasteiger partial charge in [-0.25, -0.2) is 8.42 Å². The summed E-state index contributed by atoms with van der Waals surface area (Å²) < 4.78 is 31.7. The average Bonchev–Trinajstić information content (AvgIpc) is 2.94. The van der Waals surface area contributed by atoms with Crippen LogP contribution in [0.15, 0.2) is 34.2 Å². The van der Waals surface area contributed by atoms with Crippen LogP contribution in [-0.4, -0.2) is 44.8 Å². The van der Waals surface area contributed by atoms with Crippen molar-refractivity contribution in [1.82, 2.24) is 10.0 Å². The first-order valence-corrected chi connectivity index (χ1v) is 11.4. The highest BCUT2D eigenvalue weighted by molar-refractivity contribution is 7.90. The van der Waals surface area contributed by atoms with Crippen molar-refractivity contribution in [3.8, 4) is 0 Å². The lowest BCUT2D eigenvalue weighted by Gasteiger charge is -2.30. The van der Waals surface area contributed by atoms with E-state index in [4.69, 9.17) is 4.74 Å². The van der Waals surface area contributed by atoms with Gasteiger partial charge in [0.2, 0.25) is 0 Å². The molecule has 0 saturated heterocycles. The Morgan fingerprint density at radius 3 is 2.76 bits per heavy atom. The van der Waals surface area contributed by atoms with E-state index in [1.54, 1.807) is 25.1 Å². The topological polar surface area (TPSA) is 114 Å². The largest absolute Gasteiger partial charge is 0.452 e. The zero-order valence-corrected chi connectivity index (χ0v) is 17.5. The molecular weight excluding hydrogens is 394 g/mol. The predicted octanol–water partition coefficient (Wildman–Crippen LogP) is 1.74. The van der Waals surface area contributed by atoms with E-state index in [2.05, 4.69) is 22.0 Å². The van der Waals surface area contributed by atoms with E-state index < -0.39 is 22.1 Å². The average molecular weight is 422 g/mol. The second kappa shape index (κ2) is 8.94. The minimum absolute atomic E-state index is 0.0507. The molecule has 1 aliphatic carbocycles. The highest BCUT2D eigenvalue weighted by Crippen LogP contribution is 2.24. The fourth-order valence-corrected chi connectivity index (χ4v) is 4.90. The Bertz CT molecular complexity index is 912. The summed E-state index contributed by atoms with van der Waals surface area (Å²) in [4.78, 5) is 28.7. The summed E-state index contributed by atoms with van der Waals surface area (Å²) in [5.41, 5.74) is 0.482. The van der Waals surface area contributed by atoms with Crippen LogP contribution in [0, 0.1) is 5.92 Å². The summed E-state index contributed by atoms with van der Waals surface area (Å²) in [5.74, 6) is -0.210. The number of benzene rings is 1. The zero-order valence-electron chi connectivity index (χ0n) is 16.7. The Hall–Kier alpha value is -2.42. The number of nitrogens with one attached hydrogen (secondary N) is 2. The van der Waals surface area contributed by atoms with Crippen LogP contribution in [0.4, 0.5) is 0 Å². The molecule has 1 fully saturated rings. The molecule has 0 spiro atoms. The molecule has 0 aromatic heterocycles. The van der Waals surface area contributed by atoms with Gasteiger partial charge in [0, 0.05) is 11.6 Å². The molecule has 158 valence electrons. The molecule has 1 aliphatic heterocycles. The fourth-order valence-electron chi connectivity index (χ4n) is 3.65. The molecule has 0 unspecified atom stereocenters. The number of rotatable bonds is 6. The van der Waals surface area contributed by atoms with Crippen molar-refractivity contribution in [2.45, 2.75) is 63.0 Å². The van der Waals surface area contributed by atoms with Gasteiger partial charge >= 0.3 is 5.97 Å². The van der Waals surface area contributed by atoms with Crippen molar-refractivity contribution in [2.24, 2.45) is 10.9 Å². The van der Waals surface area contributed by atoms with E-state index >= 15 is 0 Å². The molecule has 0 bridgehead atoms. The Labute approximate surface area is 171 Å². The summed E-state index contributed by atoms with van der Waals surface area (Å²) in [6, 6.07) is 6.64. The standard InChI is InChI=1S/C20H27N3O5S/c1-13-7-3-5-9-16(13)22-20(25)14(2)28-18(24)11-12-21-19-15-8-4-6-10-17(15)29(26,27)23-19/h4,6,8,10,13-14,16H,3,5,7,9,11-12H2,1-2H3,(H,21,23)(H,22,25)/t13-,14-,16-/m1/s1. The second-order valence-electron chi connectivity index (χ2n) is 7.59.